The lowest BCUT2D eigenvalue weighted by molar-refractivity contribution is -0.497. The Morgan fingerprint density at radius 2 is 1.74 bits per heavy atom. The first-order chi connectivity index (χ1) is 11.1. The van der Waals surface area contributed by atoms with E-state index in [-0.39, 0.29) is 18.1 Å². The zero-order chi connectivity index (χ0) is 16.4. The van der Waals surface area contributed by atoms with Gasteiger partial charge in [-0.05, 0) is 12.1 Å². The maximum absolute atomic E-state index is 12.4. The van der Waals surface area contributed by atoms with Gasteiger partial charge in [-0.2, -0.15) is 0 Å². The standard InChI is InChI=1S/C17H14N2O4/c20-16(11-5-2-1-3-6-11)12-7-4-8-13(9-12)18-17(21)14-10-15(14)19(22)23/h1-9,14-15H,10H2,(H,18,21). The summed E-state index contributed by atoms with van der Waals surface area (Å²) >= 11 is 0. The number of carbonyl (C=O) groups excluding carboxylic acids is 2. The van der Waals surface area contributed by atoms with Gasteiger partial charge in [0.2, 0.25) is 11.9 Å². The average molecular weight is 310 g/mol. The molecule has 6 heteroatoms. The van der Waals surface area contributed by atoms with Crippen LogP contribution in [0, 0.1) is 16.0 Å². The first-order valence-corrected chi connectivity index (χ1v) is 7.20. The minimum atomic E-state index is -0.788. The summed E-state index contributed by atoms with van der Waals surface area (Å²) in [5, 5.41) is 13.2. The molecular formula is C17H14N2O4. The van der Waals surface area contributed by atoms with Gasteiger partial charge in [0.05, 0.1) is 0 Å². The van der Waals surface area contributed by atoms with Crippen molar-refractivity contribution < 1.29 is 14.5 Å². The molecule has 0 aliphatic heterocycles. The van der Waals surface area contributed by atoms with E-state index in [2.05, 4.69) is 5.32 Å². The van der Waals surface area contributed by atoms with Crippen LogP contribution >= 0.6 is 0 Å². The fourth-order valence-electron chi connectivity index (χ4n) is 2.43. The maximum Gasteiger partial charge on any atom is 0.234 e. The van der Waals surface area contributed by atoms with Crippen LogP contribution in [-0.4, -0.2) is 22.7 Å². The number of anilines is 1. The molecule has 1 aliphatic rings. The summed E-state index contributed by atoms with van der Waals surface area (Å²) < 4.78 is 0. The molecule has 2 atom stereocenters. The van der Waals surface area contributed by atoms with E-state index in [9.17, 15) is 19.7 Å². The quantitative estimate of drug-likeness (QED) is 0.522. The van der Waals surface area contributed by atoms with Crippen molar-refractivity contribution in [1.82, 2.24) is 0 Å². The number of nitro groups is 1. The Kier molecular flexibility index (Phi) is 3.89. The number of ketones is 1. The Morgan fingerprint density at radius 3 is 2.39 bits per heavy atom. The topological polar surface area (TPSA) is 89.3 Å². The van der Waals surface area contributed by atoms with Crippen LogP contribution in [0.4, 0.5) is 5.69 Å². The highest BCUT2D eigenvalue weighted by Crippen LogP contribution is 2.34. The minimum Gasteiger partial charge on any atom is -0.326 e. The summed E-state index contributed by atoms with van der Waals surface area (Å²) in [6, 6.07) is 14.6. The van der Waals surface area contributed by atoms with E-state index in [0.717, 1.165) is 0 Å². The SMILES string of the molecule is O=C(c1ccccc1)c1cccc(NC(=O)C2CC2[N+](=O)[O-])c1. The zero-order valence-electron chi connectivity index (χ0n) is 12.1. The molecule has 2 aromatic carbocycles. The van der Waals surface area contributed by atoms with E-state index in [4.69, 9.17) is 0 Å². The Bertz CT molecular complexity index is 773. The van der Waals surface area contributed by atoms with Gasteiger partial charge in [0.15, 0.2) is 5.78 Å². The monoisotopic (exact) mass is 310 g/mol. The third-order valence-corrected chi connectivity index (χ3v) is 3.79. The van der Waals surface area contributed by atoms with Crippen molar-refractivity contribution in [1.29, 1.82) is 0 Å². The fourth-order valence-corrected chi connectivity index (χ4v) is 2.43. The van der Waals surface area contributed by atoms with Crippen LogP contribution in [0.5, 0.6) is 0 Å². The highest BCUT2D eigenvalue weighted by molar-refractivity contribution is 6.09. The molecule has 1 saturated carbocycles. The minimum absolute atomic E-state index is 0.142. The number of hydrogen-bond acceptors (Lipinski definition) is 4. The summed E-state index contributed by atoms with van der Waals surface area (Å²) in [7, 11) is 0. The molecule has 116 valence electrons. The van der Waals surface area contributed by atoms with Gasteiger partial charge < -0.3 is 5.32 Å². The van der Waals surface area contributed by atoms with Crippen molar-refractivity contribution in [3.05, 3.63) is 75.8 Å². The lowest BCUT2D eigenvalue weighted by atomic mass is 10.0. The smallest absolute Gasteiger partial charge is 0.234 e. The van der Waals surface area contributed by atoms with E-state index in [1.54, 1.807) is 48.5 Å². The summed E-state index contributed by atoms with van der Waals surface area (Å²) in [5.41, 5.74) is 1.48. The molecule has 6 nitrogen and oxygen atoms in total. The number of nitrogens with zero attached hydrogens (tertiary/aromatic N) is 1. The molecule has 3 rings (SSSR count). The summed E-state index contributed by atoms with van der Waals surface area (Å²) in [5.74, 6) is -1.11. The van der Waals surface area contributed by atoms with Crippen LogP contribution in [-0.2, 0) is 4.79 Å². The molecule has 0 bridgehead atoms. The van der Waals surface area contributed by atoms with Gasteiger partial charge in [0, 0.05) is 28.2 Å². The van der Waals surface area contributed by atoms with Crippen molar-refractivity contribution in [3.63, 3.8) is 0 Å². The Hall–Kier alpha value is -3.02. The molecule has 0 aromatic heterocycles. The third-order valence-electron chi connectivity index (χ3n) is 3.79. The molecule has 0 spiro atoms. The molecule has 1 N–H and O–H groups in total. The molecular weight excluding hydrogens is 296 g/mol. The molecule has 0 saturated heterocycles. The van der Waals surface area contributed by atoms with Gasteiger partial charge >= 0.3 is 0 Å². The van der Waals surface area contributed by atoms with Crippen molar-refractivity contribution in [3.8, 4) is 0 Å². The lowest BCUT2D eigenvalue weighted by Crippen LogP contribution is -2.18. The van der Waals surface area contributed by atoms with Crippen LogP contribution in [0.25, 0.3) is 0 Å². The van der Waals surface area contributed by atoms with E-state index in [1.807, 2.05) is 6.07 Å². The second-order valence-electron chi connectivity index (χ2n) is 5.46. The Labute approximate surface area is 132 Å². The molecule has 1 fully saturated rings. The molecule has 2 unspecified atom stereocenters. The van der Waals surface area contributed by atoms with Gasteiger partial charge in [-0.25, -0.2) is 0 Å². The predicted octanol–water partition coefficient (Wildman–Crippen LogP) is 2.52. The number of rotatable bonds is 5. The van der Waals surface area contributed by atoms with Gasteiger partial charge in [-0.1, -0.05) is 42.5 Å². The molecule has 1 aliphatic carbocycles. The number of benzene rings is 2. The van der Waals surface area contributed by atoms with E-state index < -0.39 is 16.9 Å². The normalized spacial score (nSPS) is 19.0. The van der Waals surface area contributed by atoms with Crippen LogP contribution in [0.1, 0.15) is 22.3 Å². The second kappa shape index (κ2) is 6.00. The van der Waals surface area contributed by atoms with Crippen LogP contribution in [0.15, 0.2) is 54.6 Å². The van der Waals surface area contributed by atoms with Gasteiger partial charge in [-0.3, -0.25) is 19.7 Å². The van der Waals surface area contributed by atoms with E-state index >= 15 is 0 Å². The van der Waals surface area contributed by atoms with Gasteiger partial charge in [-0.15, -0.1) is 0 Å². The molecule has 1 amide bonds. The largest absolute Gasteiger partial charge is 0.326 e. The Balaban J connectivity index is 1.72. The lowest BCUT2D eigenvalue weighted by Gasteiger charge is -2.06. The molecule has 0 radical (unpaired) electrons. The number of hydrogen-bond donors (Lipinski definition) is 1. The van der Waals surface area contributed by atoms with Crippen molar-refractivity contribution >= 4 is 17.4 Å². The van der Waals surface area contributed by atoms with E-state index in [1.165, 1.54) is 0 Å². The molecule has 23 heavy (non-hydrogen) atoms. The highest BCUT2D eigenvalue weighted by Gasteiger charge is 2.53. The zero-order valence-corrected chi connectivity index (χ0v) is 12.1. The third kappa shape index (κ3) is 3.26. The first-order valence-electron chi connectivity index (χ1n) is 7.20. The average Bonchev–Trinajstić information content (AvgIpc) is 3.36. The number of nitrogens with one attached hydrogen (secondary N) is 1. The van der Waals surface area contributed by atoms with Gasteiger partial charge in [0.1, 0.15) is 5.92 Å². The first kappa shape index (κ1) is 14.9. The highest BCUT2D eigenvalue weighted by atomic mass is 16.6. The predicted molar refractivity (Wildman–Crippen MR) is 83.8 cm³/mol. The van der Waals surface area contributed by atoms with Crippen molar-refractivity contribution in [2.24, 2.45) is 5.92 Å². The van der Waals surface area contributed by atoms with Crippen LogP contribution in [0.2, 0.25) is 0 Å². The summed E-state index contributed by atoms with van der Waals surface area (Å²) in [6.45, 7) is 0. The molecule has 2 aromatic rings. The number of amides is 1. The van der Waals surface area contributed by atoms with Crippen molar-refractivity contribution in [2.75, 3.05) is 5.32 Å². The summed E-state index contributed by atoms with van der Waals surface area (Å²) in [4.78, 5) is 34.5. The van der Waals surface area contributed by atoms with Gasteiger partial charge in [0.25, 0.3) is 0 Å². The second-order valence-corrected chi connectivity index (χ2v) is 5.46. The fraction of sp³-hybridized carbons (Fsp3) is 0.176. The van der Waals surface area contributed by atoms with E-state index in [0.29, 0.717) is 16.8 Å². The molecule has 0 heterocycles. The maximum atomic E-state index is 12.4. The van der Waals surface area contributed by atoms with Crippen LogP contribution in [0.3, 0.4) is 0 Å². The van der Waals surface area contributed by atoms with Crippen molar-refractivity contribution in [2.45, 2.75) is 12.5 Å². The number of carbonyl (C=O) groups is 2. The summed E-state index contributed by atoms with van der Waals surface area (Å²) in [6.07, 6.45) is 0.265. The van der Waals surface area contributed by atoms with Crippen LogP contribution < -0.4 is 5.32 Å². The Morgan fingerprint density at radius 1 is 1.04 bits per heavy atom.